The van der Waals surface area contributed by atoms with Gasteiger partial charge >= 0.3 is 0 Å². The first-order valence-corrected chi connectivity index (χ1v) is 10.2. The summed E-state index contributed by atoms with van der Waals surface area (Å²) in [6, 6.07) is 0. The Morgan fingerprint density at radius 1 is 0.938 bits per heavy atom. The van der Waals surface area contributed by atoms with Crippen LogP contribution in [0.4, 0.5) is 23.5 Å². The van der Waals surface area contributed by atoms with Gasteiger partial charge in [0.2, 0.25) is 17.8 Å². The van der Waals surface area contributed by atoms with Gasteiger partial charge in [-0.05, 0) is 19.4 Å². The molecule has 9 N–H and O–H groups in total. The Labute approximate surface area is 182 Å². The number of anilines is 4. The summed E-state index contributed by atoms with van der Waals surface area (Å²) in [4.78, 5) is 45.2. The Morgan fingerprint density at radius 3 is 2.31 bits per heavy atom. The lowest BCUT2D eigenvalue weighted by Gasteiger charge is -2.20. The first kappa shape index (κ1) is 21.2. The van der Waals surface area contributed by atoms with E-state index in [0.717, 1.165) is 25.7 Å². The largest absolute Gasteiger partial charge is 0.382 e. The van der Waals surface area contributed by atoms with Crippen molar-refractivity contribution < 1.29 is 4.79 Å². The van der Waals surface area contributed by atoms with Gasteiger partial charge in [-0.25, -0.2) is 9.97 Å². The van der Waals surface area contributed by atoms with E-state index in [2.05, 4.69) is 45.2 Å². The van der Waals surface area contributed by atoms with Crippen LogP contribution in [0.3, 0.4) is 0 Å². The summed E-state index contributed by atoms with van der Waals surface area (Å²) in [7, 11) is 0. The average molecular weight is 439 g/mol. The third kappa shape index (κ3) is 4.49. The summed E-state index contributed by atoms with van der Waals surface area (Å²) in [5.74, 6) is 0.361. The van der Waals surface area contributed by atoms with Crippen molar-refractivity contribution in [2.45, 2.75) is 25.7 Å². The molecule has 0 saturated carbocycles. The minimum Gasteiger partial charge on any atom is -0.382 e. The molecule has 0 spiro atoms. The number of hydrogen-bond acceptors (Lipinski definition) is 11. The Kier molecular flexibility index (Phi) is 6.21. The van der Waals surface area contributed by atoms with Crippen molar-refractivity contribution in [1.29, 1.82) is 0 Å². The molecule has 32 heavy (non-hydrogen) atoms. The summed E-state index contributed by atoms with van der Waals surface area (Å²) < 4.78 is 0. The molecule has 0 aliphatic heterocycles. The van der Waals surface area contributed by atoms with Gasteiger partial charge in [0.25, 0.3) is 0 Å². The number of aromatic nitrogens is 8. The molecule has 4 heterocycles. The molecule has 0 unspecified atom stereocenters. The number of hydrogen-bond donors (Lipinski definition) is 6. The van der Waals surface area contributed by atoms with Crippen molar-refractivity contribution in [2.24, 2.45) is 11.5 Å². The number of nitrogen functional groups attached to an aromatic ring is 1. The first-order chi connectivity index (χ1) is 15.6. The van der Waals surface area contributed by atoms with E-state index >= 15 is 0 Å². The van der Waals surface area contributed by atoms with E-state index in [9.17, 15) is 4.79 Å². The molecule has 4 rings (SSSR count). The number of rotatable bonds is 11. The van der Waals surface area contributed by atoms with Crippen LogP contribution in [0.2, 0.25) is 0 Å². The highest BCUT2D eigenvalue weighted by atomic mass is 16.1. The first-order valence-electron chi connectivity index (χ1n) is 10.2. The second-order valence-electron chi connectivity index (χ2n) is 7.17. The molecule has 0 bridgehead atoms. The molecule has 0 radical (unpaired) electrons. The van der Waals surface area contributed by atoms with Gasteiger partial charge in [0, 0.05) is 6.54 Å². The normalized spacial score (nSPS) is 11.3. The standard InChI is InChI=1S/C18H25N13O/c19-5-3-1-2-4-6-22-15-12-16(26-9-24-12)30-18(29-15)31(7-10(20)32)17-27-13(21)11-14(28-17)25-8-23-11/h8-9H,1-7,19H2,(H2,20,32)(H3,21,23,25,27,28)(H2,22,24,26,29,30). The van der Waals surface area contributed by atoms with E-state index < -0.39 is 5.91 Å². The van der Waals surface area contributed by atoms with Crippen molar-refractivity contribution in [3.05, 3.63) is 12.7 Å². The molecular formula is C18H25N13O. The van der Waals surface area contributed by atoms with Gasteiger partial charge in [0.1, 0.15) is 17.6 Å². The van der Waals surface area contributed by atoms with Crippen molar-refractivity contribution in [3.8, 4) is 0 Å². The fourth-order valence-electron chi connectivity index (χ4n) is 3.25. The number of primary amides is 1. The minimum absolute atomic E-state index is 0.100. The predicted octanol–water partition coefficient (Wildman–Crippen LogP) is 0.156. The van der Waals surface area contributed by atoms with Crippen LogP contribution in [-0.4, -0.2) is 65.4 Å². The van der Waals surface area contributed by atoms with Crippen molar-refractivity contribution in [1.82, 2.24) is 39.9 Å². The van der Waals surface area contributed by atoms with Gasteiger partial charge in [0.05, 0.1) is 12.7 Å². The smallest absolute Gasteiger partial charge is 0.237 e. The van der Waals surface area contributed by atoms with Crippen LogP contribution in [0.5, 0.6) is 0 Å². The molecule has 14 heteroatoms. The molecule has 0 saturated heterocycles. The van der Waals surface area contributed by atoms with E-state index in [4.69, 9.17) is 17.2 Å². The van der Waals surface area contributed by atoms with Crippen molar-refractivity contribution in [3.63, 3.8) is 0 Å². The second-order valence-corrected chi connectivity index (χ2v) is 7.17. The molecule has 0 fully saturated rings. The van der Waals surface area contributed by atoms with Crippen LogP contribution in [0.15, 0.2) is 12.7 Å². The van der Waals surface area contributed by atoms with Gasteiger partial charge in [-0.3, -0.25) is 9.69 Å². The number of nitrogens with zero attached hydrogens (tertiary/aromatic N) is 7. The second kappa shape index (κ2) is 9.38. The highest BCUT2D eigenvalue weighted by Gasteiger charge is 2.22. The van der Waals surface area contributed by atoms with E-state index in [1.54, 1.807) is 0 Å². The number of nitrogens with one attached hydrogen (secondary N) is 3. The fraction of sp³-hybridized carbons (Fsp3) is 0.389. The summed E-state index contributed by atoms with van der Waals surface area (Å²) in [6.07, 6.45) is 7.08. The fourth-order valence-corrected chi connectivity index (χ4v) is 3.25. The number of aromatic amines is 2. The van der Waals surface area contributed by atoms with Crippen LogP contribution in [-0.2, 0) is 4.79 Å². The third-order valence-electron chi connectivity index (χ3n) is 4.80. The Bertz CT molecular complexity index is 1220. The average Bonchev–Trinajstić information content (AvgIpc) is 3.43. The highest BCUT2D eigenvalue weighted by Crippen LogP contribution is 2.26. The molecule has 14 nitrogen and oxygen atoms in total. The maximum atomic E-state index is 11.8. The molecule has 4 aromatic rings. The van der Waals surface area contributed by atoms with Gasteiger partial charge in [-0.1, -0.05) is 12.8 Å². The van der Waals surface area contributed by atoms with E-state index in [1.165, 1.54) is 17.6 Å². The summed E-state index contributed by atoms with van der Waals surface area (Å²) >= 11 is 0. The number of fused-ring (bicyclic) bond motifs is 2. The molecular weight excluding hydrogens is 414 g/mol. The Balaban J connectivity index is 1.67. The Hall–Kier alpha value is -4.07. The van der Waals surface area contributed by atoms with Gasteiger partial charge < -0.3 is 32.5 Å². The van der Waals surface area contributed by atoms with Crippen LogP contribution in [0.25, 0.3) is 22.3 Å². The minimum atomic E-state index is -0.616. The number of H-pyrrole nitrogens is 2. The van der Waals surface area contributed by atoms with Crippen molar-refractivity contribution >= 4 is 51.8 Å². The zero-order chi connectivity index (χ0) is 22.5. The van der Waals surface area contributed by atoms with Crippen LogP contribution >= 0.6 is 0 Å². The number of unbranched alkanes of at least 4 members (excludes halogenated alkanes) is 3. The highest BCUT2D eigenvalue weighted by molar-refractivity contribution is 5.87. The molecule has 0 atom stereocenters. The maximum absolute atomic E-state index is 11.8. The van der Waals surface area contributed by atoms with E-state index in [-0.39, 0.29) is 24.3 Å². The van der Waals surface area contributed by atoms with Gasteiger partial charge in [-0.2, -0.15) is 19.9 Å². The molecule has 0 aliphatic carbocycles. The summed E-state index contributed by atoms with van der Waals surface area (Å²) in [6.45, 7) is 1.14. The summed E-state index contributed by atoms with van der Waals surface area (Å²) in [5, 5.41) is 3.31. The molecule has 4 aromatic heterocycles. The monoisotopic (exact) mass is 439 g/mol. The topological polar surface area (TPSA) is 219 Å². The zero-order valence-corrected chi connectivity index (χ0v) is 17.4. The van der Waals surface area contributed by atoms with E-state index in [0.29, 0.717) is 41.2 Å². The molecule has 1 amide bonds. The van der Waals surface area contributed by atoms with Crippen LogP contribution in [0, 0.1) is 0 Å². The number of amides is 1. The molecule has 168 valence electrons. The lowest BCUT2D eigenvalue weighted by Crippen LogP contribution is -2.33. The zero-order valence-electron chi connectivity index (χ0n) is 17.4. The van der Waals surface area contributed by atoms with Crippen LogP contribution in [0.1, 0.15) is 25.7 Å². The Morgan fingerprint density at radius 2 is 1.59 bits per heavy atom. The van der Waals surface area contributed by atoms with Crippen molar-refractivity contribution in [2.75, 3.05) is 35.6 Å². The maximum Gasteiger partial charge on any atom is 0.237 e. The SMILES string of the molecule is NCCCCCCNc1nc(N(CC(N)=O)c2nc(N)c3[nH]cnc3n2)nc2nc[nH]c12. The number of carbonyl (C=O) groups is 1. The van der Waals surface area contributed by atoms with Gasteiger partial charge in [0.15, 0.2) is 22.9 Å². The number of imidazole rings is 2. The molecule has 0 aliphatic rings. The summed E-state index contributed by atoms with van der Waals surface area (Å²) in [5.41, 5.74) is 19.0. The molecule has 0 aromatic carbocycles. The lowest BCUT2D eigenvalue weighted by atomic mass is 10.2. The third-order valence-corrected chi connectivity index (χ3v) is 4.80. The number of carbonyl (C=O) groups excluding carboxylic acids is 1. The lowest BCUT2D eigenvalue weighted by molar-refractivity contribution is -0.116. The van der Waals surface area contributed by atoms with E-state index in [1.807, 2.05) is 0 Å². The van der Waals surface area contributed by atoms with Gasteiger partial charge in [-0.15, -0.1) is 0 Å². The predicted molar refractivity (Wildman–Crippen MR) is 120 cm³/mol. The van der Waals surface area contributed by atoms with Crippen LogP contribution < -0.4 is 27.4 Å². The number of nitrogens with two attached hydrogens (primary N) is 3. The quantitative estimate of drug-likeness (QED) is 0.173.